The summed E-state index contributed by atoms with van der Waals surface area (Å²) in [6.45, 7) is 2.06. The lowest BCUT2D eigenvalue weighted by atomic mass is 9.81. The fourth-order valence-corrected chi connectivity index (χ4v) is 3.63. The maximum Gasteiger partial charge on any atom is 0.209 e. The van der Waals surface area contributed by atoms with E-state index in [9.17, 15) is 8.42 Å². The van der Waals surface area contributed by atoms with E-state index in [-0.39, 0.29) is 17.3 Å². The molecule has 0 bridgehead atoms. The molecule has 16 heavy (non-hydrogen) atoms. The SMILES string of the molecule is NS(=O)(=O)CC1CCOC2(CCOCC2)C1. The minimum Gasteiger partial charge on any atom is -0.381 e. The van der Waals surface area contributed by atoms with Crippen molar-refractivity contribution in [2.45, 2.75) is 31.3 Å². The molecule has 2 saturated heterocycles. The van der Waals surface area contributed by atoms with Crippen molar-refractivity contribution in [3.05, 3.63) is 0 Å². The second-order valence-corrected chi connectivity index (χ2v) is 6.49. The molecule has 94 valence electrons. The number of hydrogen-bond donors (Lipinski definition) is 1. The molecule has 0 aromatic heterocycles. The topological polar surface area (TPSA) is 78.6 Å². The number of hydrogen-bond acceptors (Lipinski definition) is 4. The highest BCUT2D eigenvalue weighted by molar-refractivity contribution is 7.89. The molecule has 2 aliphatic rings. The van der Waals surface area contributed by atoms with Crippen molar-refractivity contribution in [2.75, 3.05) is 25.6 Å². The predicted molar refractivity (Wildman–Crippen MR) is 59.4 cm³/mol. The number of rotatable bonds is 2. The quantitative estimate of drug-likeness (QED) is 0.761. The van der Waals surface area contributed by atoms with Gasteiger partial charge in [-0.1, -0.05) is 0 Å². The summed E-state index contributed by atoms with van der Waals surface area (Å²) in [5, 5.41) is 5.09. The predicted octanol–water partition coefficient (Wildman–Crippen LogP) is 0.251. The van der Waals surface area contributed by atoms with Crippen molar-refractivity contribution in [3.8, 4) is 0 Å². The van der Waals surface area contributed by atoms with Gasteiger partial charge in [0.2, 0.25) is 10.0 Å². The van der Waals surface area contributed by atoms with Crippen molar-refractivity contribution in [2.24, 2.45) is 11.1 Å². The molecule has 2 fully saturated rings. The Labute approximate surface area is 96.3 Å². The van der Waals surface area contributed by atoms with E-state index < -0.39 is 10.0 Å². The normalized spacial score (nSPS) is 30.4. The average Bonchev–Trinajstić information content (AvgIpc) is 2.16. The molecule has 1 atom stereocenters. The van der Waals surface area contributed by atoms with Crippen LogP contribution in [0.25, 0.3) is 0 Å². The summed E-state index contributed by atoms with van der Waals surface area (Å²) in [4.78, 5) is 0. The van der Waals surface area contributed by atoms with Crippen molar-refractivity contribution in [1.29, 1.82) is 0 Å². The standard InChI is InChI=1S/C10H19NO4S/c11-16(12,13)8-9-1-4-15-10(7-9)2-5-14-6-3-10/h9H,1-8H2,(H2,11,12,13). The second-order valence-electron chi connectivity index (χ2n) is 4.83. The van der Waals surface area contributed by atoms with Crippen LogP contribution in [0.5, 0.6) is 0 Å². The first-order chi connectivity index (χ1) is 7.49. The van der Waals surface area contributed by atoms with Gasteiger partial charge in [-0.25, -0.2) is 13.6 Å². The van der Waals surface area contributed by atoms with Crippen molar-refractivity contribution >= 4 is 10.0 Å². The summed E-state index contributed by atoms with van der Waals surface area (Å²) in [7, 11) is -3.37. The lowest BCUT2D eigenvalue weighted by molar-refractivity contribution is -0.144. The van der Waals surface area contributed by atoms with Crippen LogP contribution in [0.15, 0.2) is 0 Å². The van der Waals surface area contributed by atoms with Crippen LogP contribution in [0.1, 0.15) is 25.7 Å². The molecule has 0 aliphatic carbocycles. The first kappa shape index (κ1) is 12.3. The largest absolute Gasteiger partial charge is 0.381 e. The summed E-state index contributed by atoms with van der Waals surface area (Å²) in [6.07, 6.45) is 3.33. The minimum absolute atomic E-state index is 0.0823. The van der Waals surface area contributed by atoms with Gasteiger partial charge in [0.05, 0.1) is 11.4 Å². The highest BCUT2D eigenvalue weighted by atomic mass is 32.2. The van der Waals surface area contributed by atoms with Crippen molar-refractivity contribution in [3.63, 3.8) is 0 Å². The lowest BCUT2D eigenvalue weighted by Gasteiger charge is -2.43. The Morgan fingerprint density at radius 3 is 2.56 bits per heavy atom. The molecule has 2 heterocycles. The number of sulfonamides is 1. The maximum atomic E-state index is 11.1. The van der Waals surface area contributed by atoms with Crippen LogP contribution in [0.3, 0.4) is 0 Å². The Morgan fingerprint density at radius 2 is 1.94 bits per heavy atom. The molecule has 1 unspecified atom stereocenters. The molecule has 2 rings (SSSR count). The number of primary sulfonamides is 1. The Bertz CT molecular complexity index is 329. The first-order valence-electron chi connectivity index (χ1n) is 5.71. The summed E-state index contributed by atoms with van der Waals surface area (Å²) in [5.74, 6) is 0.223. The molecule has 5 nitrogen and oxygen atoms in total. The summed E-state index contributed by atoms with van der Waals surface area (Å²) in [6, 6.07) is 0. The molecular formula is C10H19NO4S. The summed E-state index contributed by atoms with van der Waals surface area (Å²) >= 11 is 0. The van der Waals surface area contributed by atoms with E-state index >= 15 is 0 Å². The molecule has 0 aromatic carbocycles. The third kappa shape index (κ3) is 3.16. The van der Waals surface area contributed by atoms with Gasteiger partial charge in [0.1, 0.15) is 0 Å². The van der Waals surface area contributed by atoms with E-state index in [4.69, 9.17) is 14.6 Å². The van der Waals surface area contributed by atoms with Crippen LogP contribution >= 0.6 is 0 Å². The molecule has 1 spiro atoms. The number of nitrogens with two attached hydrogens (primary N) is 1. The smallest absolute Gasteiger partial charge is 0.209 e. The van der Waals surface area contributed by atoms with Gasteiger partial charge in [-0.3, -0.25) is 0 Å². The van der Waals surface area contributed by atoms with E-state index in [2.05, 4.69) is 0 Å². The molecule has 2 N–H and O–H groups in total. The molecule has 0 radical (unpaired) electrons. The van der Waals surface area contributed by atoms with E-state index in [1.807, 2.05) is 0 Å². The van der Waals surface area contributed by atoms with Crippen LogP contribution in [0.4, 0.5) is 0 Å². The fourth-order valence-electron chi connectivity index (χ4n) is 2.69. The third-order valence-electron chi connectivity index (χ3n) is 3.47. The van der Waals surface area contributed by atoms with E-state index in [1.165, 1.54) is 0 Å². The zero-order valence-electron chi connectivity index (χ0n) is 9.35. The Morgan fingerprint density at radius 1 is 1.25 bits per heavy atom. The monoisotopic (exact) mass is 249 g/mol. The van der Waals surface area contributed by atoms with Gasteiger partial charge >= 0.3 is 0 Å². The van der Waals surface area contributed by atoms with Crippen molar-refractivity contribution < 1.29 is 17.9 Å². The zero-order valence-corrected chi connectivity index (χ0v) is 10.2. The maximum absolute atomic E-state index is 11.1. The first-order valence-corrected chi connectivity index (χ1v) is 7.43. The van der Waals surface area contributed by atoms with Gasteiger partial charge in [0, 0.05) is 19.8 Å². The Hall–Kier alpha value is -0.170. The van der Waals surface area contributed by atoms with Gasteiger partial charge in [-0.2, -0.15) is 0 Å². The van der Waals surface area contributed by atoms with E-state index in [1.54, 1.807) is 0 Å². The Kier molecular flexibility index (Phi) is 3.53. The van der Waals surface area contributed by atoms with Crippen LogP contribution in [-0.4, -0.2) is 39.6 Å². The minimum atomic E-state index is -3.37. The highest BCUT2D eigenvalue weighted by Crippen LogP contribution is 2.37. The molecule has 2 aliphatic heterocycles. The van der Waals surface area contributed by atoms with Crippen LogP contribution in [-0.2, 0) is 19.5 Å². The van der Waals surface area contributed by atoms with Gasteiger partial charge in [-0.05, 0) is 31.6 Å². The van der Waals surface area contributed by atoms with Crippen LogP contribution < -0.4 is 5.14 Å². The fraction of sp³-hybridized carbons (Fsp3) is 1.00. The van der Waals surface area contributed by atoms with Crippen LogP contribution in [0.2, 0.25) is 0 Å². The third-order valence-corrected chi connectivity index (χ3v) is 4.40. The van der Waals surface area contributed by atoms with Gasteiger partial charge in [-0.15, -0.1) is 0 Å². The zero-order chi connectivity index (χ0) is 11.6. The number of ether oxygens (including phenoxy) is 2. The lowest BCUT2D eigenvalue weighted by Crippen LogP contribution is -2.45. The van der Waals surface area contributed by atoms with Crippen LogP contribution in [0, 0.1) is 5.92 Å². The Balaban J connectivity index is 1.98. The van der Waals surface area contributed by atoms with Gasteiger partial charge in [0.25, 0.3) is 0 Å². The second kappa shape index (κ2) is 4.60. The van der Waals surface area contributed by atoms with Gasteiger partial charge in [0.15, 0.2) is 0 Å². The van der Waals surface area contributed by atoms with Crippen molar-refractivity contribution in [1.82, 2.24) is 0 Å². The molecule has 0 amide bonds. The molecule has 6 heteroatoms. The summed E-state index contributed by atoms with van der Waals surface area (Å²) < 4.78 is 33.3. The molecule has 0 aromatic rings. The summed E-state index contributed by atoms with van der Waals surface area (Å²) in [5.41, 5.74) is -0.147. The molecule has 0 saturated carbocycles. The van der Waals surface area contributed by atoms with Gasteiger partial charge < -0.3 is 9.47 Å². The van der Waals surface area contributed by atoms with E-state index in [0.717, 1.165) is 25.7 Å². The van der Waals surface area contributed by atoms with E-state index in [0.29, 0.717) is 19.8 Å². The molecular weight excluding hydrogens is 230 g/mol. The highest BCUT2D eigenvalue weighted by Gasteiger charge is 2.39. The average molecular weight is 249 g/mol.